The van der Waals surface area contributed by atoms with Crippen molar-refractivity contribution in [2.45, 2.75) is 50.7 Å². The SMILES string of the molecule is CCCC(=O)CCNC(=O)c1cccc(-c2ccc(O)c3c2C[C@H]2C[C@H]4[C@H](N(C)C)C(O)=C(C(N)=O)C(=O)[C@@]4(O)C(O)=C2C3=O)c1. The Hall–Kier alpha value is -4.81. The van der Waals surface area contributed by atoms with E-state index in [-0.39, 0.29) is 54.4 Å². The van der Waals surface area contributed by atoms with Crippen LogP contribution in [0.25, 0.3) is 11.1 Å². The molecule has 46 heavy (non-hydrogen) atoms. The van der Waals surface area contributed by atoms with E-state index in [9.17, 15) is 44.4 Å². The van der Waals surface area contributed by atoms with E-state index in [0.717, 1.165) is 6.42 Å². The predicted octanol–water partition coefficient (Wildman–Crippen LogP) is 2.28. The lowest BCUT2D eigenvalue weighted by atomic mass is 9.58. The smallest absolute Gasteiger partial charge is 0.255 e. The number of primary amides is 1. The van der Waals surface area contributed by atoms with Gasteiger partial charge in [-0.1, -0.05) is 25.1 Å². The number of likely N-dealkylation sites (N-methyl/N-ethyl adjacent to an activating group) is 1. The predicted molar refractivity (Wildman–Crippen MR) is 166 cm³/mol. The first-order valence-electron chi connectivity index (χ1n) is 15.1. The topological polar surface area (TPSA) is 208 Å². The number of aliphatic hydroxyl groups is 3. The number of ketones is 3. The Morgan fingerprint density at radius 3 is 2.43 bits per heavy atom. The highest BCUT2D eigenvalue weighted by molar-refractivity contribution is 6.25. The first kappa shape index (κ1) is 32.6. The van der Waals surface area contributed by atoms with Crippen molar-refractivity contribution in [3.05, 3.63) is 75.8 Å². The van der Waals surface area contributed by atoms with Gasteiger partial charge in [0, 0.05) is 36.4 Å². The summed E-state index contributed by atoms with van der Waals surface area (Å²) in [6.45, 7) is 2.10. The summed E-state index contributed by atoms with van der Waals surface area (Å²) in [6, 6.07) is 8.52. The van der Waals surface area contributed by atoms with E-state index < -0.39 is 58.0 Å². The third-order valence-corrected chi connectivity index (χ3v) is 9.26. The third kappa shape index (κ3) is 5.17. The molecule has 3 aliphatic rings. The number of carbonyl (C=O) groups excluding carboxylic acids is 5. The van der Waals surface area contributed by atoms with E-state index in [2.05, 4.69) is 5.32 Å². The fraction of sp³-hybridized carbons (Fsp3) is 0.382. The number of nitrogens with two attached hydrogens (primary N) is 1. The number of hydrogen-bond donors (Lipinski definition) is 6. The van der Waals surface area contributed by atoms with Crippen LogP contribution in [0.15, 0.2) is 59.1 Å². The van der Waals surface area contributed by atoms with Crippen LogP contribution in [0.5, 0.6) is 5.75 Å². The molecule has 0 saturated heterocycles. The molecule has 0 unspecified atom stereocenters. The fourth-order valence-electron chi connectivity index (χ4n) is 7.17. The van der Waals surface area contributed by atoms with E-state index in [0.29, 0.717) is 28.7 Å². The van der Waals surface area contributed by atoms with E-state index in [1.165, 1.54) is 11.0 Å². The molecule has 0 aliphatic heterocycles. The number of benzene rings is 2. The maximum Gasteiger partial charge on any atom is 0.255 e. The van der Waals surface area contributed by atoms with Crippen LogP contribution >= 0.6 is 0 Å². The summed E-state index contributed by atoms with van der Waals surface area (Å²) in [5, 5.41) is 47.8. The molecule has 2 amide bonds. The molecule has 0 aromatic heterocycles. The van der Waals surface area contributed by atoms with Crippen LogP contribution in [-0.4, -0.2) is 86.8 Å². The highest BCUT2D eigenvalue weighted by Gasteiger charge is 2.63. The second kappa shape index (κ2) is 12.2. The molecule has 7 N–H and O–H groups in total. The van der Waals surface area contributed by atoms with Crippen molar-refractivity contribution >= 4 is 29.2 Å². The van der Waals surface area contributed by atoms with Gasteiger partial charge in [-0.15, -0.1) is 0 Å². The zero-order valence-electron chi connectivity index (χ0n) is 25.8. The van der Waals surface area contributed by atoms with Crippen molar-refractivity contribution in [1.82, 2.24) is 10.2 Å². The minimum atomic E-state index is -2.72. The molecule has 0 spiro atoms. The zero-order chi connectivity index (χ0) is 33.7. The average molecular weight is 632 g/mol. The molecule has 0 bridgehead atoms. The zero-order valence-corrected chi connectivity index (χ0v) is 25.8. The van der Waals surface area contributed by atoms with Gasteiger partial charge in [-0.3, -0.25) is 28.9 Å². The number of fused-ring (bicyclic) bond motifs is 3. The van der Waals surface area contributed by atoms with Crippen LogP contribution in [0.3, 0.4) is 0 Å². The van der Waals surface area contributed by atoms with Crippen molar-refractivity contribution in [2.24, 2.45) is 17.6 Å². The molecular weight excluding hydrogens is 594 g/mol. The number of carbonyl (C=O) groups is 5. The van der Waals surface area contributed by atoms with Crippen LogP contribution in [0, 0.1) is 11.8 Å². The van der Waals surface area contributed by atoms with E-state index in [4.69, 9.17) is 5.73 Å². The maximum absolute atomic E-state index is 14.0. The molecule has 0 heterocycles. The molecule has 0 saturated carbocycles. The number of aromatic hydroxyl groups is 1. The number of allylic oxidation sites excluding steroid dienone is 1. The monoisotopic (exact) mass is 631 g/mol. The number of Topliss-reactive ketones (excluding diaryl/α,β-unsaturated/α-hetero) is 3. The first-order valence-corrected chi connectivity index (χ1v) is 15.1. The van der Waals surface area contributed by atoms with Crippen LogP contribution in [0.2, 0.25) is 0 Å². The second-order valence-corrected chi connectivity index (χ2v) is 12.3. The fourth-order valence-corrected chi connectivity index (χ4v) is 7.17. The second-order valence-electron chi connectivity index (χ2n) is 12.3. The molecule has 2 aromatic carbocycles. The lowest BCUT2D eigenvalue weighted by Gasteiger charge is -2.50. The van der Waals surface area contributed by atoms with Crippen LogP contribution in [-0.2, 0) is 20.8 Å². The molecule has 2 aromatic rings. The number of hydrogen-bond acceptors (Lipinski definition) is 10. The molecule has 3 aliphatic carbocycles. The van der Waals surface area contributed by atoms with Gasteiger partial charge in [0.25, 0.3) is 11.8 Å². The molecule has 0 radical (unpaired) electrons. The number of rotatable bonds is 9. The molecule has 12 heteroatoms. The largest absolute Gasteiger partial charge is 0.510 e. The molecule has 12 nitrogen and oxygen atoms in total. The summed E-state index contributed by atoms with van der Waals surface area (Å²) in [7, 11) is 3.13. The minimum Gasteiger partial charge on any atom is -0.510 e. The molecular formula is C34H37N3O9. The van der Waals surface area contributed by atoms with Gasteiger partial charge in [0.15, 0.2) is 11.4 Å². The average Bonchev–Trinajstić information content (AvgIpc) is 2.99. The number of phenolic OH excluding ortho intramolecular Hbond substituents is 1. The van der Waals surface area contributed by atoms with Gasteiger partial charge in [0.05, 0.1) is 11.6 Å². The standard InChI is InChI=1S/C34H37N3O9/c1-4-6-19(38)11-12-36-33(45)17-8-5-7-16(13-17)20-9-10-23(39)25-21(20)14-18-15-22-27(37(2)3)29(41)26(32(35)44)31(43)34(22,46)30(42)24(18)28(25)40/h5,7-10,13,18,22,27,39,41-42,46H,4,6,11-12,14-15H2,1-3H3,(H2,35,44)(H,36,45)/t18-,22-,27-,34-/m0/s1. The Kier molecular flexibility index (Phi) is 8.63. The lowest BCUT2D eigenvalue weighted by molar-refractivity contribution is -0.148. The van der Waals surface area contributed by atoms with Gasteiger partial charge in [0.2, 0.25) is 5.78 Å². The first-order chi connectivity index (χ1) is 21.7. The summed E-state index contributed by atoms with van der Waals surface area (Å²) in [5.74, 6) is -7.53. The molecule has 0 fully saturated rings. The summed E-state index contributed by atoms with van der Waals surface area (Å²) < 4.78 is 0. The summed E-state index contributed by atoms with van der Waals surface area (Å²) in [4.78, 5) is 65.9. The number of nitrogens with zero attached hydrogens (tertiary/aromatic N) is 1. The molecule has 5 rings (SSSR count). The minimum absolute atomic E-state index is 0.0416. The van der Waals surface area contributed by atoms with Gasteiger partial charge < -0.3 is 31.5 Å². The number of aliphatic hydroxyl groups excluding tert-OH is 2. The summed E-state index contributed by atoms with van der Waals surface area (Å²) in [6.07, 6.45) is 1.47. The Bertz CT molecular complexity index is 1740. The van der Waals surface area contributed by atoms with Crippen molar-refractivity contribution < 1.29 is 44.4 Å². The number of amides is 2. The van der Waals surface area contributed by atoms with Crippen molar-refractivity contribution in [2.75, 3.05) is 20.6 Å². The van der Waals surface area contributed by atoms with Gasteiger partial charge >= 0.3 is 0 Å². The van der Waals surface area contributed by atoms with Crippen molar-refractivity contribution in [3.8, 4) is 16.9 Å². The summed E-state index contributed by atoms with van der Waals surface area (Å²) in [5.41, 5.74) is 3.32. The Balaban J connectivity index is 1.55. The van der Waals surface area contributed by atoms with Crippen LogP contribution in [0.1, 0.15) is 58.9 Å². The van der Waals surface area contributed by atoms with Gasteiger partial charge in [0.1, 0.15) is 28.6 Å². The summed E-state index contributed by atoms with van der Waals surface area (Å²) >= 11 is 0. The van der Waals surface area contributed by atoms with Crippen LogP contribution < -0.4 is 11.1 Å². The Morgan fingerprint density at radius 1 is 1.07 bits per heavy atom. The number of nitrogens with one attached hydrogen (secondary N) is 1. The number of phenols is 1. The van der Waals surface area contributed by atoms with Crippen LogP contribution in [0.4, 0.5) is 0 Å². The highest BCUT2D eigenvalue weighted by Crippen LogP contribution is 2.53. The van der Waals surface area contributed by atoms with Crippen molar-refractivity contribution in [1.29, 1.82) is 0 Å². The molecule has 4 atom stereocenters. The van der Waals surface area contributed by atoms with Gasteiger partial charge in [-0.05, 0) is 74.2 Å². The quantitative estimate of drug-likeness (QED) is 0.223. The maximum atomic E-state index is 14.0. The van der Waals surface area contributed by atoms with Gasteiger partial charge in [-0.25, -0.2) is 0 Å². The van der Waals surface area contributed by atoms with Gasteiger partial charge in [-0.2, -0.15) is 0 Å². The van der Waals surface area contributed by atoms with E-state index in [1.807, 2.05) is 6.92 Å². The lowest BCUT2D eigenvalue weighted by Crippen LogP contribution is -2.63. The van der Waals surface area contributed by atoms with E-state index >= 15 is 0 Å². The molecule has 242 valence electrons. The third-order valence-electron chi connectivity index (χ3n) is 9.26. The highest BCUT2D eigenvalue weighted by atomic mass is 16.3. The Morgan fingerprint density at radius 2 is 1.78 bits per heavy atom. The van der Waals surface area contributed by atoms with E-state index in [1.54, 1.807) is 44.4 Å². The Labute approximate surface area is 265 Å². The van der Waals surface area contributed by atoms with Crippen molar-refractivity contribution in [3.63, 3.8) is 0 Å². The normalized spacial score (nSPS) is 24.0.